The predicted molar refractivity (Wildman–Crippen MR) is 85.7 cm³/mol. The highest BCUT2D eigenvalue weighted by atomic mass is 35.5. The molecular weight excluding hydrogens is 328 g/mol. The van der Waals surface area contributed by atoms with Crippen LogP contribution >= 0.6 is 11.6 Å². The highest BCUT2D eigenvalue weighted by molar-refractivity contribution is 7.89. The number of hydrogen-bond donors (Lipinski definition) is 2. The summed E-state index contributed by atoms with van der Waals surface area (Å²) in [7, 11) is -2.41. The molecule has 0 saturated heterocycles. The molecule has 0 heterocycles. The van der Waals surface area contributed by atoms with Crippen molar-refractivity contribution in [2.24, 2.45) is 0 Å². The van der Waals surface area contributed by atoms with Crippen molar-refractivity contribution >= 4 is 27.5 Å². The Bertz CT molecular complexity index is 634. The fraction of sp³-hybridized carbons (Fsp3) is 0.500. The number of benzene rings is 1. The first-order valence-corrected chi connectivity index (χ1v) is 8.73. The normalized spacial score (nSPS) is 14.2. The topological polar surface area (TPSA) is 84.5 Å². The molecule has 124 valence electrons. The summed E-state index contributed by atoms with van der Waals surface area (Å²) in [4.78, 5) is 11.9. The molecule has 1 rings (SSSR count). The van der Waals surface area contributed by atoms with E-state index in [0.29, 0.717) is 5.75 Å². The van der Waals surface area contributed by atoms with Crippen LogP contribution in [0.2, 0.25) is 5.02 Å². The molecule has 0 unspecified atom stereocenters. The lowest BCUT2D eigenvalue weighted by atomic mass is 10.2. The Morgan fingerprint density at radius 3 is 2.50 bits per heavy atom. The minimum Gasteiger partial charge on any atom is -0.495 e. The Labute approximate surface area is 136 Å². The Morgan fingerprint density at radius 2 is 2.00 bits per heavy atom. The summed E-state index contributed by atoms with van der Waals surface area (Å²) in [6.45, 7) is 5.27. The molecule has 0 aliphatic rings. The molecule has 0 aromatic heterocycles. The van der Waals surface area contributed by atoms with Gasteiger partial charge < -0.3 is 10.1 Å². The number of carbonyl (C=O) groups is 1. The quantitative estimate of drug-likeness (QED) is 0.788. The molecule has 0 saturated carbocycles. The van der Waals surface area contributed by atoms with E-state index in [9.17, 15) is 13.2 Å². The molecule has 0 bridgehead atoms. The van der Waals surface area contributed by atoms with Gasteiger partial charge in [-0.3, -0.25) is 4.79 Å². The second kappa shape index (κ2) is 7.80. The third-order valence-corrected chi connectivity index (χ3v) is 4.99. The molecule has 1 aromatic carbocycles. The van der Waals surface area contributed by atoms with E-state index in [1.807, 2.05) is 13.8 Å². The summed E-state index contributed by atoms with van der Waals surface area (Å²) in [5.74, 6) is 0.000660. The van der Waals surface area contributed by atoms with Crippen LogP contribution in [0.25, 0.3) is 0 Å². The SMILES string of the molecule is CC[C@H](C)NC(=O)[C@@H](C)NS(=O)(=O)c1ccc(OC)c(Cl)c1. The van der Waals surface area contributed by atoms with E-state index in [2.05, 4.69) is 10.0 Å². The van der Waals surface area contributed by atoms with Crippen molar-refractivity contribution < 1.29 is 17.9 Å². The molecule has 22 heavy (non-hydrogen) atoms. The first-order chi connectivity index (χ1) is 10.2. The summed E-state index contributed by atoms with van der Waals surface area (Å²) >= 11 is 5.93. The van der Waals surface area contributed by atoms with Crippen molar-refractivity contribution in [1.29, 1.82) is 0 Å². The second-order valence-corrected chi connectivity index (χ2v) is 7.08. The van der Waals surface area contributed by atoms with Crippen LogP contribution in [0.4, 0.5) is 0 Å². The van der Waals surface area contributed by atoms with E-state index >= 15 is 0 Å². The summed E-state index contributed by atoms with van der Waals surface area (Å²) in [5.41, 5.74) is 0. The van der Waals surface area contributed by atoms with Crippen molar-refractivity contribution in [2.45, 2.75) is 44.2 Å². The lowest BCUT2D eigenvalue weighted by molar-refractivity contribution is -0.122. The minimum absolute atomic E-state index is 0.0186. The van der Waals surface area contributed by atoms with E-state index in [0.717, 1.165) is 6.42 Å². The maximum atomic E-state index is 12.3. The molecule has 6 nitrogen and oxygen atoms in total. The number of halogens is 1. The van der Waals surface area contributed by atoms with Gasteiger partial charge in [-0.05, 0) is 38.5 Å². The van der Waals surface area contributed by atoms with Gasteiger partial charge in [-0.15, -0.1) is 0 Å². The molecule has 0 aliphatic heterocycles. The summed E-state index contributed by atoms with van der Waals surface area (Å²) in [6.07, 6.45) is 0.763. The fourth-order valence-corrected chi connectivity index (χ4v) is 3.19. The van der Waals surface area contributed by atoms with E-state index in [1.165, 1.54) is 32.2 Å². The summed E-state index contributed by atoms with van der Waals surface area (Å²) in [5, 5.41) is 2.90. The van der Waals surface area contributed by atoms with Gasteiger partial charge in [0, 0.05) is 6.04 Å². The van der Waals surface area contributed by atoms with Gasteiger partial charge >= 0.3 is 0 Å². The van der Waals surface area contributed by atoms with Crippen LogP contribution in [0.1, 0.15) is 27.2 Å². The van der Waals surface area contributed by atoms with Gasteiger partial charge in [0.25, 0.3) is 0 Å². The maximum Gasteiger partial charge on any atom is 0.241 e. The van der Waals surface area contributed by atoms with Crippen molar-refractivity contribution in [3.05, 3.63) is 23.2 Å². The second-order valence-electron chi connectivity index (χ2n) is 4.96. The first-order valence-electron chi connectivity index (χ1n) is 6.87. The zero-order chi connectivity index (χ0) is 16.9. The number of nitrogens with one attached hydrogen (secondary N) is 2. The van der Waals surface area contributed by atoms with E-state index in [4.69, 9.17) is 16.3 Å². The molecule has 0 spiro atoms. The molecular formula is C14H21ClN2O4S. The van der Waals surface area contributed by atoms with Crippen LogP contribution < -0.4 is 14.8 Å². The minimum atomic E-state index is -3.85. The Kier molecular flexibility index (Phi) is 6.65. The van der Waals surface area contributed by atoms with Crippen molar-refractivity contribution in [2.75, 3.05) is 7.11 Å². The number of sulfonamides is 1. The predicted octanol–water partition coefficient (Wildman–Crippen LogP) is 1.93. The van der Waals surface area contributed by atoms with Gasteiger partial charge in [-0.2, -0.15) is 4.72 Å². The van der Waals surface area contributed by atoms with Crippen molar-refractivity contribution in [3.8, 4) is 5.75 Å². The standard InChI is InChI=1S/C14H21ClN2O4S/c1-5-9(2)16-14(18)10(3)17-22(19,20)11-6-7-13(21-4)12(15)8-11/h6-10,17H,5H2,1-4H3,(H,16,18)/t9-,10+/m0/s1. The fourth-order valence-electron chi connectivity index (χ4n) is 1.64. The van der Waals surface area contributed by atoms with E-state index in [1.54, 1.807) is 0 Å². The molecule has 2 N–H and O–H groups in total. The van der Waals surface area contributed by atoms with Crippen LogP contribution in [-0.4, -0.2) is 33.5 Å². The number of ether oxygens (including phenoxy) is 1. The van der Waals surface area contributed by atoms with E-state index < -0.39 is 16.1 Å². The number of carbonyl (C=O) groups excluding carboxylic acids is 1. The van der Waals surface area contributed by atoms with Crippen molar-refractivity contribution in [3.63, 3.8) is 0 Å². The van der Waals surface area contributed by atoms with Gasteiger partial charge in [0.2, 0.25) is 15.9 Å². The van der Waals surface area contributed by atoms with Gasteiger partial charge in [-0.25, -0.2) is 8.42 Å². The monoisotopic (exact) mass is 348 g/mol. The number of amides is 1. The largest absolute Gasteiger partial charge is 0.495 e. The van der Waals surface area contributed by atoms with Gasteiger partial charge in [-0.1, -0.05) is 18.5 Å². The summed E-state index contributed by atoms with van der Waals surface area (Å²) in [6, 6.07) is 3.20. The molecule has 1 aromatic rings. The van der Waals surface area contributed by atoms with Crippen LogP contribution in [-0.2, 0) is 14.8 Å². The maximum absolute atomic E-state index is 12.3. The number of hydrogen-bond acceptors (Lipinski definition) is 4. The van der Waals surface area contributed by atoms with Crippen LogP contribution in [0, 0.1) is 0 Å². The molecule has 1 amide bonds. The van der Waals surface area contributed by atoms with Gasteiger partial charge in [0.05, 0.1) is 23.1 Å². The average Bonchev–Trinajstić information content (AvgIpc) is 2.46. The summed E-state index contributed by atoms with van der Waals surface area (Å²) < 4.78 is 31.8. The smallest absolute Gasteiger partial charge is 0.241 e. The Morgan fingerprint density at radius 1 is 1.36 bits per heavy atom. The van der Waals surface area contributed by atoms with Crippen LogP contribution in [0.5, 0.6) is 5.75 Å². The Hall–Kier alpha value is -1.31. The third kappa shape index (κ3) is 4.86. The van der Waals surface area contributed by atoms with Gasteiger partial charge in [0.15, 0.2) is 0 Å². The lowest BCUT2D eigenvalue weighted by Crippen LogP contribution is -2.47. The molecule has 8 heteroatoms. The number of rotatable bonds is 7. The Balaban J connectivity index is 2.87. The highest BCUT2D eigenvalue weighted by Crippen LogP contribution is 2.26. The molecule has 2 atom stereocenters. The lowest BCUT2D eigenvalue weighted by Gasteiger charge is -2.17. The van der Waals surface area contributed by atoms with Crippen LogP contribution in [0.3, 0.4) is 0 Å². The zero-order valence-electron chi connectivity index (χ0n) is 13.0. The highest BCUT2D eigenvalue weighted by Gasteiger charge is 2.23. The third-order valence-electron chi connectivity index (χ3n) is 3.16. The van der Waals surface area contributed by atoms with Gasteiger partial charge in [0.1, 0.15) is 5.75 Å². The first kappa shape index (κ1) is 18.7. The average molecular weight is 349 g/mol. The zero-order valence-corrected chi connectivity index (χ0v) is 14.6. The van der Waals surface area contributed by atoms with Crippen LogP contribution in [0.15, 0.2) is 23.1 Å². The molecule has 0 fully saturated rings. The van der Waals surface area contributed by atoms with Crippen molar-refractivity contribution in [1.82, 2.24) is 10.0 Å². The number of methoxy groups -OCH3 is 1. The van der Waals surface area contributed by atoms with E-state index in [-0.39, 0.29) is 21.9 Å². The molecule has 0 aliphatic carbocycles. The molecule has 0 radical (unpaired) electrons.